The molecule has 0 radical (unpaired) electrons. The van der Waals surface area contributed by atoms with E-state index in [4.69, 9.17) is 0 Å². The second kappa shape index (κ2) is 9.46. The Morgan fingerprint density at radius 1 is 1.00 bits per heavy atom. The largest absolute Gasteiger partial charge is 0.348 e. The van der Waals surface area contributed by atoms with Crippen LogP contribution < -0.4 is 10.6 Å². The molecule has 0 saturated carbocycles. The maximum atomic E-state index is 12.4. The number of carbonyl (C=O) groups excluding carboxylic acids is 2. The lowest BCUT2D eigenvalue weighted by Gasteiger charge is -2.12. The Morgan fingerprint density at radius 3 is 2.64 bits per heavy atom. The number of aromatic nitrogens is 1. The van der Waals surface area contributed by atoms with Gasteiger partial charge in [0.05, 0.1) is 5.56 Å². The Morgan fingerprint density at radius 2 is 1.86 bits per heavy atom. The Labute approximate surface area is 164 Å². The van der Waals surface area contributed by atoms with Gasteiger partial charge in [-0.25, -0.2) is 0 Å². The molecule has 0 bridgehead atoms. The molecule has 0 aliphatic carbocycles. The average molecular weight is 373 g/mol. The molecular weight excluding hydrogens is 350 g/mol. The van der Waals surface area contributed by atoms with Crippen molar-refractivity contribution < 1.29 is 9.59 Å². The fourth-order valence-electron chi connectivity index (χ4n) is 2.91. The van der Waals surface area contributed by atoms with E-state index in [9.17, 15) is 9.59 Å². The maximum absolute atomic E-state index is 12.4. The van der Waals surface area contributed by atoms with Crippen molar-refractivity contribution in [1.82, 2.24) is 10.3 Å². The van der Waals surface area contributed by atoms with Crippen LogP contribution in [-0.2, 0) is 17.8 Å². The number of rotatable bonds is 7. The van der Waals surface area contributed by atoms with Gasteiger partial charge in [0.25, 0.3) is 5.91 Å². The molecule has 3 aromatic rings. The summed E-state index contributed by atoms with van der Waals surface area (Å²) >= 11 is 0. The van der Waals surface area contributed by atoms with E-state index in [-0.39, 0.29) is 11.8 Å². The van der Waals surface area contributed by atoms with E-state index in [0.29, 0.717) is 30.6 Å². The molecule has 0 fully saturated rings. The summed E-state index contributed by atoms with van der Waals surface area (Å²) in [5.74, 6) is -0.249. The van der Waals surface area contributed by atoms with E-state index < -0.39 is 0 Å². The third-order valence-corrected chi connectivity index (χ3v) is 4.38. The maximum Gasteiger partial charge on any atom is 0.253 e. The van der Waals surface area contributed by atoms with Crippen LogP contribution in [0.3, 0.4) is 0 Å². The SMILES string of the molecule is Cc1cccc(CCC(=O)Nc2ccccc2CNC(=O)c2cccnc2)c1. The summed E-state index contributed by atoms with van der Waals surface area (Å²) in [4.78, 5) is 28.5. The van der Waals surface area contributed by atoms with Crippen molar-refractivity contribution >= 4 is 17.5 Å². The molecule has 2 aromatic carbocycles. The number of nitrogens with one attached hydrogen (secondary N) is 2. The third-order valence-electron chi connectivity index (χ3n) is 4.38. The molecule has 5 heteroatoms. The molecule has 1 heterocycles. The Kier molecular flexibility index (Phi) is 6.52. The lowest BCUT2D eigenvalue weighted by atomic mass is 10.1. The molecule has 0 atom stereocenters. The molecular formula is C23H23N3O2. The van der Waals surface area contributed by atoms with Crippen molar-refractivity contribution in [3.8, 4) is 0 Å². The molecule has 2 N–H and O–H groups in total. The number of aryl methyl sites for hydroxylation is 2. The van der Waals surface area contributed by atoms with Crippen LogP contribution in [0.4, 0.5) is 5.69 Å². The molecule has 2 amide bonds. The number of para-hydroxylation sites is 1. The van der Waals surface area contributed by atoms with Crippen LogP contribution in [0.1, 0.15) is 33.5 Å². The summed E-state index contributed by atoms with van der Waals surface area (Å²) in [6, 6.07) is 19.1. The van der Waals surface area contributed by atoms with E-state index in [0.717, 1.165) is 11.1 Å². The predicted octanol–water partition coefficient (Wildman–Crippen LogP) is 3.89. The fraction of sp³-hybridized carbons (Fsp3) is 0.174. The van der Waals surface area contributed by atoms with Gasteiger partial charge in [-0.1, -0.05) is 48.0 Å². The van der Waals surface area contributed by atoms with E-state index in [1.54, 1.807) is 18.3 Å². The number of pyridine rings is 1. The standard InChI is InChI=1S/C23H23N3O2/c1-17-6-4-7-18(14-17)11-12-22(27)26-21-10-3-2-8-19(21)16-25-23(28)20-9-5-13-24-15-20/h2-10,13-15H,11-12,16H2,1H3,(H,25,28)(H,26,27). The van der Waals surface area contributed by atoms with Crippen LogP contribution in [-0.4, -0.2) is 16.8 Å². The number of nitrogens with zero attached hydrogens (tertiary/aromatic N) is 1. The lowest BCUT2D eigenvalue weighted by Crippen LogP contribution is -2.24. The topological polar surface area (TPSA) is 71.1 Å². The van der Waals surface area contributed by atoms with Crippen molar-refractivity contribution in [2.75, 3.05) is 5.32 Å². The highest BCUT2D eigenvalue weighted by Crippen LogP contribution is 2.16. The highest BCUT2D eigenvalue weighted by molar-refractivity contribution is 5.94. The molecule has 1 aromatic heterocycles. The molecule has 0 saturated heterocycles. The summed E-state index contributed by atoms with van der Waals surface area (Å²) < 4.78 is 0. The Hall–Kier alpha value is -3.47. The molecule has 0 aliphatic heterocycles. The summed E-state index contributed by atoms with van der Waals surface area (Å²) in [6.07, 6.45) is 4.24. The fourth-order valence-corrected chi connectivity index (χ4v) is 2.91. The van der Waals surface area contributed by atoms with Crippen LogP contribution in [0, 0.1) is 6.92 Å². The van der Waals surface area contributed by atoms with Gasteiger partial charge in [0, 0.05) is 31.0 Å². The van der Waals surface area contributed by atoms with Crippen molar-refractivity contribution in [1.29, 1.82) is 0 Å². The molecule has 0 spiro atoms. The van der Waals surface area contributed by atoms with Crippen LogP contribution in [0.2, 0.25) is 0 Å². The van der Waals surface area contributed by atoms with Gasteiger partial charge >= 0.3 is 0 Å². The van der Waals surface area contributed by atoms with Crippen molar-refractivity contribution in [3.05, 3.63) is 95.3 Å². The van der Waals surface area contributed by atoms with Crippen LogP contribution >= 0.6 is 0 Å². The van der Waals surface area contributed by atoms with Gasteiger partial charge in [-0.3, -0.25) is 14.6 Å². The van der Waals surface area contributed by atoms with Gasteiger partial charge < -0.3 is 10.6 Å². The second-order valence-electron chi connectivity index (χ2n) is 6.62. The van der Waals surface area contributed by atoms with Gasteiger partial charge in [-0.05, 0) is 42.7 Å². The van der Waals surface area contributed by atoms with Gasteiger partial charge in [-0.15, -0.1) is 0 Å². The lowest BCUT2D eigenvalue weighted by molar-refractivity contribution is -0.116. The second-order valence-corrected chi connectivity index (χ2v) is 6.62. The normalized spacial score (nSPS) is 10.3. The number of carbonyl (C=O) groups is 2. The predicted molar refractivity (Wildman–Crippen MR) is 110 cm³/mol. The minimum absolute atomic E-state index is 0.0486. The van der Waals surface area contributed by atoms with Gasteiger partial charge in [0.15, 0.2) is 0 Å². The van der Waals surface area contributed by atoms with Crippen LogP contribution in [0.5, 0.6) is 0 Å². The number of anilines is 1. The van der Waals surface area contributed by atoms with E-state index >= 15 is 0 Å². The van der Waals surface area contributed by atoms with Gasteiger partial charge in [-0.2, -0.15) is 0 Å². The van der Waals surface area contributed by atoms with Crippen LogP contribution in [0.15, 0.2) is 73.1 Å². The average Bonchev–Trinajstić information content (AvgIpc) is 2.72. The zero-order valence-electron chi connectivity index (χ0n) is 15.8. The number of hydrogen-bond acceptors (Lipinski definition) is 3. The van der Waals surface area contributed by atoms with Gasteiger partial charge in [0.1, 0.15) is 0 Å². The van der Waals surface area contributed by atoms with Gasteiger partial charge in [0.2, 0.25) is 5.91 Å². The van der Waals surface area contributed by atoms with E-state index in [1.165, 1.54) is 11.8 Å². The van der Waals surface area contributed by atoms with E-state index in [2.05, 4.69) is 21.7 Å². The molecule has 0 aliphatic rings. The van der Waals surface area contributed by atoms with Crippen LogP contribution in [0.25, 0.3) is 0 Å². The zero-order valence-corrected chi connectivity index (χ0v) is 15.8. The molecule has 5 nitrogen and oxygen atoms in total. The number of hydrogen-bond donors (Lipinski definition) is 2. The monoisotopic (exact) mass is 373 g/mol. The smallest absolute Gasteiger partial charge is 0.253 e. The first-order valence-corrected chi connectivity index (χ1v) is 9.23. The quantitative estimate of drug-likeness (QED) is 0.660. The van der Waals surface area contributed by atoms with Crippen molar-refractivity contribution in [2.45, 2.75) is 26.3 Å². The van der Waals surface area contributed by atoms with Crippen molar-refractivity contribution in [2.24, 2.45) is 0 Å². The Balaban J connectivity index is 1.57. The first-order valence-electron chi connectivity index (χ1n) is 9.23. The Bertz CT molecular complexity index is 955. The van der Waals surface area contributed by atoms with Crippen molar-refractivity contribution in [3.63, 3.8) is 0 Å². The molecule has 3 rings (SSSR count). The number of amides is 2. The summed E-state index contributed by atoms with van der Waals surface area (Å²) in [5, 5.41) is 5.82. The minimum atomic E-state index is -0.200. The summed E-state index contributed by atoms with van der Waals surface area (Å²) in [5.41, 5.74) is 4.40. The highest BCUT2D eigenvalue weighted by atomic mass is 16.2. The first kappa shape index (κ1) is 19.3. The molecule has 28 heavy (non-hydrogen) atoms. The first-order chi connectivity index (χ1) is 13.6. The zero-order chi connectivity index (χ0) is 19.8. The minimum Gasteiger partial charge on any atom is -0.348 e. The molecule has 142 valence electrons. The third kappa shape index (κ3) is 5.51. The van der Waals surface area contributed by atoms with E-state index in [1.807, 2.05) is 49.4 Å². The summed E-state index contributed by atoms with van der Waals surface area (Å²) in [6.45, 7) is 2.36. The molecule has 0 unspecified atom stereocenters. The highest BCUT2D eigenvalue weighted by Gasteiger charge is 2.09. The number of benzene rings is 2. The summed E-state index contributed by atoms with van der Waals surface area (Å²) in [7, 11) is 0.